The van der Waals surface area contributed by atoms with Gasteiger partial charge in [-0.15, -0.1) is 11.8 Å². The molecule has 0 unspecified atom stereocenters. The predicted octanol–water partition coefficient (Wildman–Crippen LogP) is 1.69. The molecule has 0 aliphatic heterocycles. The maximum absolute atomic E-state index is 11.0. The lowest BCUT2D eigenvalue weighted by molar-refractivity contribution is 0.352. The van der Waals surface area contributed by atoms with Gasteiger partial charge in [0.1, 0.15) is 0 Å². The maximum Gasteiger partial charge on any atom is 0.350 e. The fourth-order valence-corrected chi connectivity index (χ4v) is 6.55. The van der Waals surface area contributed by atoms with E-state index in [9.17, 15) is 9.13 Å². The van der Waals surface area contributed by atoms with Crippen LogP contribution in [0.1, 0.15) is 32.1 Å². The average molecular weight is 290 g/mol. The molecule has 4 N–H and O–H groups in total. The molecule has 0 aromatic rings. The molecule has 6 nitrogen and oxygen atoms in total. The lowest BCUT2D eigenvalue weighted by atomic mass is 10.0. The normalized spacial score (nSPS) is 20.3. The Balaban J connectivity index is 2.71. The zero-order valence-corrected chi connectivity index (χ0v) is 11.2. The number of hydrogen-bond donors (Lipinski definition) is 4. The molecule has 0 radical (unpaired) electrons. The molecule has 0 aromatic heterocycles. The summed E-state index contributed by atoms with van der Waals surface area (Å²) in [6, 6.07) is 0. The largest absolute Gasteiger partial charge is 0.350 e. The van der Waals surface area contributed by atoms with Crippen LogP contribution in [0.2, 0.25) is 0 Å². The molecule has 0 bridgehead atoms. The first-order valence-electron chi connectivity index (χ1n) is 4.97. The van der Waals surface area contributed by atoms with Gasteiger partial charge in [-0.2, -0.15) is 0 Å². The van der Waals surface area contributed by atoms with Gasteiger partial charge in [-0.1, -0.05) is 19.3 Å². The monoisotopic (exact) mass is 290 g/mol. The van der Waals surface area contributed by atoms with E-state index in [2.05, 4.69) is 0 Å². The molecule has 1 aliphatic rings. The van der Waals surface area contributed by atoms with Crippen molar-refractivity contribution in [3.8, 4) is 0 Å². The highest BCUT2D eigenvalue weighted by Gasteiger charge is 2.45. The van der Waals surface area contributed by atoms with Crippen molar-refractivity contribution in [1.29, 1.82) is 0 Å². The zero-order chi connectivity index (χ0) is 12.4. The van der Waals surface area contributed by atoms with Gasteiger partial charge in [0.15, 0.2) is 0 Å². The van der Waals surface area contributed by atoms with E-state index in [0.717, 1.165) is 43.9 Å². The Morgan fingerprint density at radius 2 is 1.38 bits per heavy atom. The summed E-state index contributed by atoms with van der Waals surface area (Å²) in [6.07, 6.45) is 4.51. The minimum absolute atomic E-state index is 0.0565. The van der Waals surface area contributed by atoms with E-state index in [1.54, 1.807) is 0 Å². The Bertz CT molecular complexity index is 295. The van der Waals surface area contributed by atoms with Crippen molar-refractivity contribution >= 4 is 27.0 Å². The number of hydrogen-bond acceptors (Lipinski definition) is 3. The average Bonchev–Trinajstić information content (AvgIpc) is 2.12. The summed E-state index contributed by atoms with van der Waals surface area (Å²) in [5, 5.41) is -0.0565. The molecule has 96 valence electrons. The van der Waals surface area contributed by atoms with Gasteiger partial charge in [0.2, 0.25) is 4.73 Å². The quantitative estimate of drug-likeness (QED) is 0.582. The molecule has 0 atom stereocenters. The molecule has 0 saturated heterocycles. The Kier molecular flexibility index (Phi) is 5.08. The summed E-state index contributed by atoms with van der Waals surface area (Å²) in [6.45, 7) is 0. The smallest absolute Gasteiger partial charge is 0.323 e. The summed E-state index contributed by atoms with van der Waals surface area (Å²) in [4.78, 5) is 35.8. The lowest BCUT2D eigenvalue weighted by Crippen LogP contribution is -2.15. The Labute approximate surface area is 98.1 Å². The van der Waals surface area contributed by atoms with Crippen molar-refractivity contribution in [2.45, 2.75) is 42.1 Å². The zero-order valence-electron chi connectivity index (χ0n) is 8.60. The molecule has 9 heteroatoms. The molecular weight excluding hydrogens is 274 g/mol. The van der Waals surface area contributed by atoms with E-state index in [-0.39, 0.29) is 5.25 Å². The molecule has 1 aliphatic carbocycles. The Hall–Kier alpha value is 0.650. The van der Waals surface area contributed by atoms with E-state index >= 15 is 0 Å². The minimum atomic E-state index is -4.76. The van der Waals surface area contributed by atoms with Crippen LogP contribution in [0.5, 0.6) is 0 Å². The molecule has 16 heavy (non-hydrogen) atoms. The van der Waals surface area contributed by atoms with Crippen LogP contribution in [0.25, 0.3) is 0 Å². The molecule has 0 spiro atoms. The number of rotatable bonds is 4. The summed E-state index contributed by atoms with van der Waals surface area (Å²) < 4.78 is 20.2. The summed E-state index contributed by atoms with van der Waals surface area (Å²) in [5.74, 6) is 0. The van der Waals surface area contributed by atoms with Gasteiger partial charge in [0.25, 0.3) is 0 Å². The van der Waals surface area contributed by atoms with Crippen molar-refractivity contribution in [2.24, 2.45) is 0 Å². The Morgan fingerprint density at radius 1 is 0.938 bits per heavy atom. The van der Waals surface area contributed by atoms with Crippen LogP contribution < -0.4 is 0 Å². The van der Waals surface area contributed by atoms with Crippen LogP contribution in [0.3, 0.4) is 0 Å². The van der Waals surface area contributed by atoms with Crippen LogP contribution in [-0.2, 0) is 9.13 Å². The van der Waals surface area contributed by atoms with Crippen molar-refractivity contribution in [3.63, 3.8) is 0 Å². The van der Waals surface area contributed by atoms with Gasteiger partial charge >= 0.3 is 15.2 Å². The molecule has 0 aromatic carbocycles. The van der Waals surface area contributed by atoms with Gasteiger partial charge in [0, 0.05) is 5.25 Å². The number of thioether (sulfide) groups is 1. The van der Waals surface area contributed by atoms with E-state index in [4.69, 9.17) is 19.6 Å². The highest BCUT2D eigenvalue weighted by atomic mass is 32.2. The van der Waals surface area contributed by atoms with E-state index in [0.29, 0.717) is 0 Å². The standard InChI is InChI=1S/C7H16O6P2S/c8-14(9,10)7(15(11,12)13)16-6-4-2-1-3-5-6/h6-7H,1-5H2,(H2,8,9,10)(H2,11,12,13). The fourth-order valence-electron chi connectivity index (χ4n) is 1.73. The van der Waals surface area contributed by atoms with Crippen molar-refractivity contribution in [3.05, 3.63) is 0 Å². The van der Waals surface area contributed by atoms with Gasteiger partial charge in [-0.05, 0) is 12.8 Å². The summed E-state index contributed by atoms with van der Waals surface area (Å²) in [7, 11) is -9.53. The highest BCUT2D eigenvalue weighted by molar-refractivity contribution is 8.12. The first-order chi connectivity index (χ1) is 7.21. The van der Waals surface area contributed by atoms with Gasteiger partial charge in [-0.3, -0.25) is 9.13 Å². The molecule has 0 amide bonds. The maximum atomic E-state index is 11.0. The third-order valence-electron chi connectivity index (χ3n) is 2.44. The van der Waals surface area contributed by atoms with E-state index in [1.807, 2.05) is 0 Å². The SMILES string of the molecule is O=P(O)(O)C(SC1CCCCC1)P(=O)(O)O. The summed E-state index contributed by atoms with van der Waals surface area (Å²) in [5.41, 5.74) is 0. The lowest BCUT2D eigenvalue weighted by Gasteiger charge is -2.26. The van der Waals surface area contributed by atoms with Crippen molar-refractivity contribution in [2.75, 3.05) is 0 Å². The van der Waals surface area contributed by atoms with E-state index in [1.165, 1.54) is 0 Å². The second-order valence-corrected chi connectivity index (χ2v) is 9.81. The first-order valence-corrected chi connectivity index (χ1v) is 9.28. The third-order valence-corrected chi connectivity index (χ3v) is 8.88. The van der Waals surface area contributed by atoms with Crippen LogP contribution in [0.4, 0.5) is 0 Å². The van der Waals surface area contributed by atoms with Crippen molar-refractivity contribution < 1.29 is 28.7 Å². The van der Waals surface area contributed by atoms with Crippen LogP contribution >= 0.6 is 27.0 Å². The van der Waals surface area contributed by atoms with E-state index < -0.39 is 19.9 Å². The molecular formula is C7H16O6P2S. The predicted molar refractivity (Wildman–Crippen MR) is 62.3 cm³/mol. The topological polar surface area (TPSA) is 115 Å². The van der Waals surface area contributed by atoms with Gasteiger partial charge in [-0.25, -0.2) is 0 Å². The van der Waals surface area contributed by atoms with Crippen LogP contribution in [-0.4, -0.2) is 29.6 Å². The molecule has 1 fully saturated rings. The summed E-state index contributed by atoms with van der Waals surface area (Å²) >= 11 is 0.753. The highest BCUT2D eigenvalue weighted by Crippen LogP contribution is 2.65. The molecule has 1 rings (SSSR count). The molecule has 0 heterocycles. The van der Waals surface area contributed by atoms with Crippen molar-refractivity contribution in [1.82, 2.24) is 0 Å². The first kappa shape index (κ1) is 14.7. The third kappa shape index (κ3) is 4.49. The minimum Gasteiger partial charge on any atom is -0.323 e. The van der Waals surface area contributed by atoms with Crippen LogP contribution in [0, 0.1) is 0 Å². The van der Waals surface area contributed by atoms with Gasteiger partial charge in [0.05, 0.1) is 0 Å². The second kappa shape index (κ2) is 5.53. The molecule has 1 saturated carbocycles. The second-order valence-electron chi connectivity index (χ2n) is 3.90. The Morgan fingerprint density at radius 3 is 1.75 bits per heavy atom. The van der Waals surface area contributed by atoms with Gasteiger partial charge < -0.3 is 19.6 Å². The van der Waals surface area contributed by atoms with Crippen LogP contribution in [0.15, 0.2) is 0 Å². The fraction of sp³-hybridized carbons (Fsp3) is 1.00.